The van der Waals surface area contributed by atoms with Gasteiger partial charge in [-0.2, -0.15) is 0 Å². The number of ether oxygens (including phenoxy) is 1. The number of carbonyl (C=O) groups excluding carboxylic acids is 2. The number of rotatable bonds is 7. The van der Waals surface area contributed by atoms with Crippen molar-refractivity contribution in [1.82, 2.24) is 15.1 Å². The molecule has 1 N–H and O–H groups in total. The predicted octanol–water partition coefficient (Wildman–Crippen LogP) is 2.72. The second-order valence-electron chi connectivity index (χ2n) is 9.37. The summed E-state index contributed by atoms with van der Waals surface area (Å²) in [6, 6.07) is 17.1. The maximum Gasteiger partial charge on any atom is 0.246 e. The molecule has 2 amide bonds. The van der Waals surface area contributed by atoms with Crippen molar-refractivity contribution < 1.29 is 14.3 Å². The van der Waals surface area contributed by atoms with Crippen LogP contribution in [0.15, 0.2) is 54.6 Å². The molecule has 4 atom stereocenters. The summed E-state index contributed by atoms with van der Waals surface area (Å²) in [5.74, 6) is 1.17. The number of hydrogen-bond donors (Lipinski definition) is 1. The van der Waals surface area contributed by atoms with Gasteiger partial charge in [0.05, 0.1) is 6.04 Å². The zero-order valence-corrected chi connectivity index (χ0v) is 19.2. The van der Waals surface area contributed by atoms with Crippen LogP contribution in [0.1, 0.15) is 24.5 Å². The van der Waals surface area contributed by atoms with Crippen LogP contribution in [-0.4, -0.2) is 60.9 Å². The van der Waals surface area contributed by atoms with Gasteiger partial charge in [-0.3, -0.25) is 9.59 Å². The lowest BCUT2D eigenvalue weighted by Crippen LogP contribution is -2.55. The summed E-state index contributed by atoms with van der Waals surface area (Å²) in [7, 11) is 4.00. The van der Waals surface area contributed by atoms with Crippen molar-refractivity contribution in [1.29, 1.82) is 0 Å². The molecule has 6 nitrogen and oxygen atoms in total. The van der Waals surface area contributed by atoms with Gasteiger partial charge in [-0.1, -0.05) is 55.5 Å². The van der Waals surface area contributed by atoms with Gasteiger partial charge in [-0.15, -0.1) is 0 Å². The van der Waals surface area contributed by atoms with Crippen LogP contribution in [0.4, 0.5) is 0 Å². The van der Waals surface area contributed by atoms with Crippen molar-refractivity contribution in [2.45, 2.75) is 38.4 Å². The molecule has 0 unspecified atom stereocenters. The monoisotopic (exact) mass is 435 g/mol. The van der Waals surface area contributed by atoms with E-state index >= 15 is 0 Å². The van der Waals surface area contributed by atoms with E-state index < -0.39 is 6.04 Å². The van der Waals surface area contributed by atoms with Crippen LogP contribution in [0.2, 0.25) is 0 Å². The lowest BCUT2D eigenvalue weighted by molar-refractivity contribution is -0.140. The predicted molar refractivity (Wildman–Crippen MR) is 124 cm³/mol. The number of fused-ring (bicyclic) bond motifs is 1. The number of para-hydroxylation sites is 1. The van der Waals surface area contributed by atoms with E-state index in [1.165, 1.54) is 0 Å². The maximum absolute atomic E-state index is 14.0. The zero-order chi connectivity index (χ0) is 22.7. The van der Waals surface area contributed by atoms with Gasteiger partial charge in [-0.25, -0.2) is 0 Å². The highest BCUT2D eigenvalue weighted by molar-refractivity contribution is 5.90. The topological polar surface area (TPSA) is 61.9 Å². The third kappa shape index (κ3) is 5.30. The fraction of sp³-hybridized carbons (Fsp3) is 0.462. The van der Waals surface area contributed by atoms with E-state index in [0.29, 0.717) is 32.0 Å². The molecule has 170 valence electrons. The van der Waals surface area contributed by atoms with Crippen LogP contribution < -0.4 is 10.1 Å². The van der Waals surface area contributed by atoms with Crippen molar-refractivity contribution in [2.75, 3.05) is 27.2 Å². The number of nitrogens with zero attached hydrogens (tertiary/aromatic N) is 2. The Morgan fingerprint density at radius 1 is 1.12 bits per heavy atom. The highest BCUT2D eigenvalue weighted by atomic mass is 16.5. The summed E-state index contributed by atoms with van der Waals surface area (Å²) in [5.41, 5.74) is 2.02. The Balaban J connectivity index is 1.61. The van der Waals surface area contributed by atoms with Gasteiger partial charge < -0.3 is 19.9 Å². The molecule has 1 aliphatic carbocycles. The summed E-state index contributed by atoms with van der Waals surface area (Å²) in [5, 5.41) is 3.09. The molecule has 0 aromatic heterocycles. The number of amides is 2. The fourth-order valence-electron chi connectivity index (χ4n) is 4.41. The summed E-state index contributed by atoms with van der Waals surface area (Å²) in [4.78, 5) is 30.7. The summed E-state index contributed by atoms with van der Waals surface area (Å²) >= 11 is 0. The molecule has 2 aliphatic rings. The molecule has 1 heterocycles. The number of nitrogens with one attached hydrogen (secondary N) is 1. The molecule has 0 saturated heterocycles. The third-order valence-electron chi connectivity index (χ3n) is 6.39. The minimum Gasteiger partial charge on any atom is -0.491 e. The van der Waals surface area contributed by atoms with E-state index in [4.69, 9.17) is 4.74 Å². The van der Waals surface area contributed by atoms with Crippen LogP contribution in [-0.2, 0) is 22.6 Å². The first-order valence-corrected chi connectivity index (χ1v) is 11.4. The van der Waals surface area contributed by atoms with E-state index in [1.807, 2.05) is 73.6 Å². The fourth-order valence-corrected chi connectivity index (χ4v) is 4.41. The third-order valence-corrected chi connectivity index (χ3v) is 6.39. The minimum atomic E-state index is -0.604. The lowest BCUT2D eigenvalue weighted by Gasteiger charge is -2.34. The summed E-state index contributed by atoms with van der Waals surface area (Å²) < 4.78 is 6.08. The standard InChI is InChI=1S/C26H33N3O3/c1-18-13-22(18)25(30)27-23(14-19-9-5-4-6-10-19)26(31)29-15-20-11-7-8-12-24(20)32-17-21(29)16-28(2)3/h4-12,18,21-23H,13-17H2,1-3H3,(H,27,30)/t18-,21-,22+,23+/m1/s1. The molecule has 2 aromatic carbocycles. The average Bonchev–Trinajstić information content (AvgIpc) is 3.54. The Morgan fingerprint density at radius 3 is 2.50 bits per heavy atom. The van der Waals surface area contributed by atoms with Gasteiger partial charge in [0.25, 0.3) is 0 Å². The molecule has 0 radical (unpaired) electrons. The van der Waals surface area contributed by atoms with Crippen molar-refractivity contribution >= 4 is 11.8 Å². The van der Waals surface area contributed by atoms with Crippen molar-refractivity contribution in [3.63, 3.8) is 0 Å². The van der Waals surface area contributed by atoms with Crippen molar-refractivity contribution in [3.8, 4) is 5.75 Å². The second kappa shape index (κ2) is 9.74. The van der Waals surface area contributed by atoms with E-state index in [1.54, 1.807) is 0 Å². The Kier molecular flexibility index (Phi) is 6.80. The molecule has 0 bridgehead atoms. The molecule has 1 fully saturated rings. The van der Waals surface area contributed by atoms with Crippen LogP contribution >= 0.6 is 0 Å². The Morgan fingerprint density at radius 2 is 1.81 bits per heavy atom. The minimum absolute atomic E-state index is 0.0117. The van der Waals surface area contributed by atoms with E-state index in [0.717, 1.165) is 23.3 Å². The van der Waals surface area contributed by atoms with Gasteiger partial charge in [0.2, 0.25) is 11.8 Å². The number of hydrogen-bond acceptors (Lipinski definition) is 4. The van der Waals surface area contributed by atoms with Gasteiger partial charge in [0.15, 0.2) is 0 Å². The maximum atomic E-state index is 14.0. The highest BCUT2D eigenvalue weighted by Gasteiger charge is 2.41. The molecule has 4 rings (SSSR count). The molecule has 32 heavy (non-hydrogen) atoms. The van der Waals surface area contributed by atoms with Gasteiger partial charge in [-0.05, 0) is 38.1 Å². The second-order valence-corrected chi connectivity index (χ2v) is 9.37. The van der Waals surface area contributed by atoms with Gasteiger partial charge in [0.1, 0.15) is 18.4 Å². The normalized spacial score (nSPS) is 23.0. The first kappa shape index (κ1) is 22.3. The highest BCUT2D eigenvalue weighted by Crippen LogP contribution is 2.38. The summed E-state index contributed by atoms with van der Waals surface area (Å²) in [6.07, 6.45) is 1.37. The molecular formula is C26H33N3O3. The summed E-state index contributed by atoms with van der Waals surface area (Å²) in [6.45, 7) is 3.65. The molecule has 1 saturated carbocycles. The Labute approximate surface area is 190 Å². The Hall–Kier alpha value is -2.86. The average molecular weight is 436 g/mol. The van der Waals surface area contributed by atoms with E-state index in [2.05, 4.69) is 17.1 Å². The largest absolute Gasteiger partial charge is 0.491 e. The first-order chi connectivity index (χ1) is 15.4. The van der Waals surface area contributed by atoms with Crippen LogP contribution in [0.25, 0.3) is 0 Å². The van der Waals surface area contributed by atoms with E-state index in [-0.39, 0.29) is 23.8 Å². The number of benzene rings is 2. The molecule has 0 spiro atoms. The van der Waals surface area contributed by atoms with Crippen molar-refractivity contribution in [3.05, 3.63) is 65.7 Å². The van der Waals surface area contributed by atoms with E-state index in [9.17, 15) is 9.59 Å². The van der Waals surface area contributed by atoms with Crippen LogP contribution in [0.5, 0.6) is 5.75 Å². The van der Waals surface area contributed by atoms with Gasteiger partial charge in [0, 0.05) is 31.0 Å². The number of likely N-dealkylation sites (N-methyl/N-ethyl adjacent to an activating group) is 1. The smallest absolute Gasteiger partial charge is 0.246 e. The SMILES string of the molecule is C[C@@H]1C[C@@H]1C(=O)N[C@@H](Cc1ccccc1)C(=O)N1Cc2ccccc2OC[C@H]1CN(C)C. The van der Waals surface area contributed by atoms with Crippen LogP contribution in [0.3, 0.4) is 0 Å². The lowest BCUT2D eigenvalue weighted by atomic mass is 10.0. The van der Waals surface area contributed by atoms with Crippen LogP contribution in [0, 0.1) is 11.8 Å². The number of carbonyl (C=O) groups is 2. The first-order valence-electron chi connectivity index (χ1n) is 11.4. The molecule has 2 aromatic rings. The molecule has 6 heteroatoms. The zero-order valence-electron chi connectivity index (χ0n) is 19.2. The van der Waals surface area contributed by atoms with Gasteiger partial charge >= 0.3 is 0 Å². The molecule has 1 aliphatic heterocycles. The van der Waals surface area contributed by atoms with Crippen molar-refractivity contribution in [2.24, 2.45) is 11.8 Å². The Bertz CT molecular complexity index is 946. The molecular weight excluding hydrogens is 402 g/mol. The quantitative estimate of drug-likeness (QED) is 0.727.